The van der Waals surface area contributed by atoms with Gasteiger partial charge in [-0.15, -0.1) is 0 Å². The van der Waals surface area contributed by atoms with E-state index in [-0.39, 0.29) is 19.3 Å². The quantitative estimate of drug-likeness (QED) is 0.106. The second-order valence-corrected chi connectivity index (χ2v) is 8.89. The standard InChI is InChI=1S/C24H30N6O10/c25-13(5-6-18(26)31)21(36)28-15(8-19(32)33)22(37)29-16(9-20(34)35)23(38)30-17(24(39)40)7-11-10-27-14-4-2-1-3-12(11)14/h1-4,10,13,15-17,27H,5-9,25H2,(H2,26,31)(H,28,36)(H,29,37)(H,30,38)(H,32,33)(H,34,35)(H,39,40). The fourth-order valence-corrected chi connectivity index (χ4v) is 3.74. The van der Waals surface area contributed by atoms with Crippen LogP contribution in [0, 0.1) is 0 Å². The van der Waals surface area contributed by atoms with Crippen LogP contribution in [0.4, 0.5) is 0 Å². The second kappa shape index (κ2) is 14.2. The highest BCUT2D eigenvalue weighted by atomic mass is 16.4. The van der Waals surface area contributed by atoms with E-state index in [4.69, 9.17) is 16.6 Å². The molecule has 0 saturated carbocycles. The molecule has 0 radical (unpaired) electrons. The number of amides is 4. The Labute approximate surface area is 226 Å². The number of carboxylic acid groups (broad SMARTS) is 3. The van der Waals surface area contributed by atoms with Crippen molar-refractivity contribution in [3.8, 4) is 0 Å². The number of hydrogen-bond acceptors (Lipinski definition) is 8. The van der Waals surface area contributed by atoms with Crippen LogP contribution in [0.25, 0.3) is 10.9 Å². The molecule has 4 unspecified atom stereocenters. The fourth-order valence-electron chi connectivity index (χ4n) is 3.74. The van der Waals surface area contributed by atoms with E-state index >= 15 is 0 Å². The van der Waals surface area contributed by atoms with Crippen LogP contribution >= 0.6 is 0 Å². The lowest BCUT2D eigenvalue weighted by atomic mass is 10.0. The molecule has 2 aromatic rings. The summed E-state index contributed by atoms with van der Waals surface area (Å²) in [6.07, 6.45) is -1.01. The van der Waals surface area contributed by atoms with Gasteiger partial charge in [-0.05, 0) is 18.1 Å². The average molecular weight is 563 g/mol. The molecule has 0 aliphatic rings. The summed E-state index contributed by atoms with van der Waals surface area (Å²) in [7, 11) is 0. The van der Waals surface area contributed by atoms with Gasteiger partial charge in [-0.1, -0.05) is 18.2 Å². The SMILES string of the molecule is NC(=O)CCC(N)C(=O)NC(CC(=O)O)C(=O)NC(CC(=O)O)C(=O)NC(Cc1c[nH]c2ccccc12)C(=O)O. The predicted octanol–water partition coefficient (Wildman–Crippen LogP) is -2.21. The number of aliphatic carboxylic acids is 3. The molecule has 0 saturated heterocycles. The van der Waals surface area contributed by atoms with E-state index < -0.39 is 78.5 Å². The maximum Gasteiger partial charge on any atom is 0.326 e. The molecule has 16 heteroatoms. The normalized spacial score (nSPS) is 13.8. The summed E-state index contributed by atoms with van der Waals surface area (Å²) in [6.45, 7) is 0. The summed E-state index contributed by atoms with van der Waals surface area (Å²) in [4.78, 5) is 86.5. The minimum atomic E-state index is -1.83. The maximum atomic E-state index is 12.9. The average Bonchev–Trinajstić information content (AvgIpc) is 3.28. The number of nitrogens with one attached hydrogen (secondary N) is 4. The summed E-state index contributed by atoms with van der Waals surface area (Å²) in [5, 5.41) is 35.1. The van der Waals surface area contributed by atoms with E-state index in [0.717, 1.165) is 5.52 Å². The van der Waals surface area contributed by atoms with Crippen LogP contribution < -0.4 is 27.4 Å². The van der Waals surface area contributed by atoms with Crippen molar-refractivity contribution in [2.45, 2.75) is 56.3 Å². The van der Waals surface area contributed by atoms with Gasteiger partial charge in [-0.3, -0.25) is 28.8 Å². The Kier molecular flexibility index (Phi) is 11.1. The topological polar surface area (TPSA) is 284 Å². The van der Waals surface area contributed by atoms with E-state index in [0.29, 0.717) is 10.9 Å². The first-order chi connectivity index (χ1) is 18.8. The highest BCUT2D eigenvalue weighted by Crippen LogP contribution is 2.19. The first-order valence-electron chi connectivity index (χ1n) is 11.9. The lowest BCUT2D eigenvalue weighted by Crippen LogP contribution is -2.58. The van der Waals surface area contributed by atoms with Gasteiger partial charge in [-0.2, -0.15) is 0 Å². The minimum Gasteiger partial charge on any atom is -0.481 e. The lowest BCUT2D eigenvalue weighted by molar-refractivity contribution is -0.145. The first kappa shape index (κ1) is 31.2. The highest BCUT2D eigenvalue weighted by Gasteiger charge is 2.33. The third-order valence-electron chi connectivity index (χ3n) is 5.78. The number of benzene rings is 1. The molecule has 1 heterocycles. The Morgan fingerprint density at radius 2 is 1.32 bits per heavy atom. The smallest absolute Gasteiger partial charge is 0.326 e. The number of hydrogen-bond donors (Lipinski definition) is 9. The first-order valence-corrected chi connectivity index (χ1v) is 11.9. The van der Waals surface area contributed by atoms with Crippen LogP contribution in [-0.2, 0) is 40.0 Å². The van der Waals surface area contributed by atoms with Crippen molar-refractivity contribution in [3.63, 3.8) is 0 Å². The van der Waals surface area contributed by atoms with E-state index in [9.17, 15) is 43.8 Å². The van der Waals surface area contributed by atoms with E-state index in [1.807, 2.05) is 0 Å². The molecule has 4 amide bonds. The zero-order valence-electron chi connectivity index (χ0n) is 21.1. The molecule has 0 aliphatic carbocycles. The van der Waals surface area contributed by atoms with Crippen LogP contribution in [0.15, 0.2) is 30.5 Å². The van der Waals surface area contributed by atoms with Crippen molar-refractivity contribution >= 4 is 52.4 Å². The summed E-state index contributed by atoms with van der Waals surface area (Å²) in [5.41, 5.74) is 11.9. The zero-order chi connectivity index (χ0) is 30.0. The van der Waals surface area contributed by atoms with Gasteiger partial charge in [0.15, 0.2) is 0 Å². The Morgan fingerprint density at radius 1 is 0.800 bits per heavy atom. The Morgan fingerprint density at radius 3 is 1.85 bits per heavy atom. The molecule has 11 N–H and O–H groups in total. The number of para-hydroxylation sites is 1. The summed E-state index contributed by atoms with van der Waals surface area (Å²) >= 11 is 0. The molecule has 0 spiro atoms. The van der Waals surface area contributed by atoms with Crippen molar-refractivity contribution in [1.82, 2.24) is 20.9 Å². The number of fused-ring (bicyclic) bond motifs is 1. The number of carbonyl (C=O) groups is 7. The van der Waals surface area contributed by atoms with Crippen molar-refractivity contribution in [3.05, 3.63) is 36.0 Å². The van der Waals surface area contributed by atoms with Crippen molar-refractivity contribution in [2.75, 3.05) is 0 Å². The predicted molar refractivity (Wildman–Crippen MR) is 136 cm³/mol. The van der Waals surface area contributed by atoms with Gasteiger partial charge in [0.25, 0.3) is 0 Å². The molecule has 1 aromatic carbocycles. The Bertz CT molecular complexity index is 1290. The van der Waals surface area contributed by atoms with Gasteiger partial charge in [-0.25, -0.2) is 4.79 Å². The van der Waals surface area contributed by atoms with Crippen LogP contribution in [0.2, 0.25) is 0 Å². The summed E-state index contributed by atoms with van der Waals surface area (Å²) in [6, 6.07) is 0.570. The molecule has 216 valence electrons. The van der Waals surface area contributed by atoms with Gasteiger partial charge >= 0.3 is 17.9 Å². The Hall–Kier alpha value is -4.99. The Balaban J connectivity index is 2.17. The summed E-state index contributed by atoms with van der Waals surface area (Å²) < 4.78 is 0. The van der Waals surface area contributed by atoms with Gasteiger partial charge in [0.1, 0.15) is 18.1 Å². The van der Waals surface area contributed by atoms with Crippen LogP contribution in [0.3, 0.4) is 0 Å². The van der Waals surface area contributed by atoms with Gasteiger partial charge in [0.05, 0.1) is 18.9 Å². The van der Waals surface area contributed by atoms with E-state index in [1.165, 1.54) is 0 Å². The van der Waals surface area contributed by atoms with Crippen LogP contribution in [0.1, 0.15) is 31.2 Å². The number of carbonyl (C=O) groups excluding carboxylic acids is 4. The number of rotatable bonds is 16. The molecule has 1 aromatic heterocycles. The van der Waals surface area contributed by atoms with Gasteiger partial charge in [0.2, 0.25) is 23.6 Å². The molecule has 16 nitrogen and oxygen atoms in total. The molecule has 4 atom stereocenters. The number of primary amides is 1. The number of aromatic amines is 1. The molecular formula is C24H30N6O10. The maximum absolute atomic E-state index is 12.9. The lowest BCUT2D eigenvalue weighted by Gasteiger charge is -2.24. The molecular weight excluding hydrogens is 532 g/mol. The minimum absolute atomic E-state index is 0.181. The van der Waals surface area contributed by atoms with Crippen LogP contribution in [0.5, 0.6) is 0 Å². The zero-order valence-corrected chi connectivity index (χ0v) is 21.1. The fraction of sp³-hybridized carbons (Fsp3) is 0.375. The monoisotopic (exact) mass is 562 g/mol. The molecule has 0 aliphatic heterocycles. The molecule has 0 fully saturated rings. The largest absolute Gasteiger partial charge is 0.481 e. The third kappa shape index (κ3) is 9.39. The van der Waals surface area contributed by atoms with Crippen molar-refractivity contribution in [2.24, 2.45) is 11.5 Å². The summed E-state index contributed by atoms with van der Waals surface area (Å²) in [5.74, 6) is -8.61. The third-order valence-corrected chi connectivity index (χ3v) is 5.78. The number of nitrogens with two attached hydrogens (primary N) is 2. The number of carboxylic acids is 3. The number of H-pyrrole nitrogens is 1. The molecule has 2 rings (SSSR count). The number of aromatic nitrogens is 1. The van der Waals surface area contributed by atoms with Gasteiger partial charge in [0, 0.05) is 29.9 Å². The van der Waals surface area contributed by atoms with E-state index in [1.54, 1.807) is 30.5 Å². The van der Waals surface area contributed by atoms with Crippen molar-refractivity contribution < 1.29 is 48.9 Å². The van der Waals surface area contributed by atoms with Crippen molar-refractivity contribution in [1.29, 1.82) is 0 Å². The van der Waals surface area contributed by atoms with E-state index in [2.05, 4.69) is 20.9 Å². The van der Waals surface area contributed by atoms with Gasteiger partial charge < -0.3 is 47.7 Å². The second-order valence-electron chi connectivity index (χ2n) is 8.89. The molecule has 40 heavy (non-hydrogen) atoms. The molecule has 0 bridgehead atoms. The van der Waals surface area contributed by atoms with Crippen LogP contribution in [-0.4, -0.2) is 86.0 Å². The highest BCUT2D eigenvalue weighted by molar-refractivity contribution is 5.97.